The van der Waals surface area contributed by atoms with Crippen LogP contribution in [0.1, 0.15) is 58.3 Å². The van der Waals surface area contributed by atoms with Crippen molar-refractivity contribution in [3.63, 3.8) is 0 Å². The third-order valence-electron chi connectivity index (χ3n) is 7.73. The SMILES string of the molecule is CN(C)C(=O)Cn1cc(-c2nc(C3(c4ccc(B5OC(C)(C)C(C)(C)O5)cc4)CCC3)no2)cn1. The Bertz CT molecular complexity index is 1210. The Labute approximate surface area is 205 Å². The largest absolute Gasteiger partial charge is 0.494 e. The number of aromatic nitrogens is 4. The summed E-state index contributed by atoms with van der Waals surface area (Å²) in [5.41, 5.74) is 1.83. The quantitative estimate of drug-likeness (QED) is 0.504. The van der Waals surface area contributed by atoms with E-state index in [9.17, 15) is 4.79 Å². The second-order valence-corrected chi connectivity index (χ2v) is 10.8. The number of carbonyl (C=O) groups excluding carboxylic acids is 1. The maximum Gasteiger partial charge on any atom is 0.494 e. The Kier molecular flexibility index (Phi) is 5.64. The smallest absolute Gasteiger partial charge is 0.399 e. The molecule has 1 aliphatic heterocycles. The molecule has 3 aromatic rings. The molecule has 184 valence electrons. The third kappa shape index (κ3) is 4.08. The monoisotopic (exact) mass is 477 g/mol. The minimum atomic E-state index is -0.390. The number of likely N-dealkylation sites (N-methyl/N-ethyl adjacent to an activating group) is 1. The molecule has 9 nitrogen and oxygen atoms in total. The molecule has 10 heteroatoms. The van der Waals surface area contributed by atoms with E-state index in [-0.39, 0.29) is 36.2 Å². The van der Waals surface area contributed by atoms with E-state index >= 15 is 0 Å². The average Bonchev–Trinajstić information content (AvgIpc) is 3.46. The highest BCUT2D eigenvalue weighted by molar-refractivity contribution is 6.62. The number of hydrogen-bond donors (Lipinski definition) is 0. The lowest BCUT2D eigenvalue weighted by Crippen LogP contribution is -2.41. The molecule has 0 bridgehead atoms. The highest BCUT2D eigenvalue weighted by Crippen LogP contribution is 2.48. The van der Waals surface area contributed by atoms with Gasteiger partial charge in [0, 0.05) is 20.3 Å². The second kappa shape index (κ2) is 8.31. The van der Waals surface area contributed by atoms with Crippen LogP contribution in [0.15, 0.2) is 41.2 Å². The van der Waals surface area contributed by atoms with Crippen molar-refractivity contribution in [2.45, 2.75) is 70.1 Å². The Balaban J connectivity index is 1.35. The Morgan fingerprint density at radius 1 is 1.09 bits per heavy atom. The van der Waals surface area contributed by atoms with Crippen LogP contribution < -0.4 is 5.46 Å². The van der Waals surface area contributed by atoms with E-state index in [4.69, 9.17) is 18.8 Å². The molecular weight excluding hydrogens is 445 g/mol. The zero-order valence-electron chi connectivity index (χ0n) is 21.2. The van der Waals surface area contributed by atoms with Crippen molar-refractivity contribution in [2.75, 3.05) is 14.1 Å². The Hall–Kier alpha value is -2.98. The first kappa shape index (κ1) is 23.8. The first-order chi connectivity index (χ1) is 16.5. The van der Waals surface area contributed by atoms with Crippen LogP contribution in [0.2, 0.25) is 0 Å². The van der Waals surface area contributed by atoms with Crippen LogP contribution in [0.4, 0.5) is 0 Å². The van der Waals surface area contributed by atoms with Gasteiger partial charge < -0.3 is 18.7 Å². The molecule has 1 saturated carbocycles. The summed E-state index contributed by atoms with van der Waals surface area (Å²) in [6, 6.07) is 8.40. The maximum atomic E-state index is 12.0. The number of hydrogen-bond acceptors (Lipinski definition) is 7. The molecule has 0 radical (unpaired) electrons. The van der Waals surface area contributed by atoms with E-state index in [0.717, 1.165) is 30.3 Å². The number of carbonyl (C=O) groups is 1. The molecule has 35 heavy (non-hydrogen) atoms. The fourth-order valence-corrected chi connectivity index (χ4v) is 4.49. The summed E-state index contributed by atoms with van der Waals surface area (Å²) in [5, 5.41) is 8.62. The molecular formula is C25H32BN5O4. The van der Waals surface area contributed by atoms with E-state index in [1.807, 2.05) is 0 Å². The first-order valence-electron chi connectivity index (χ1n) is 12.0. The van der Waals surface area contributed by atoms with Gasteiger partial charge in [-0.2, -0.15) is 10.1 Å². The predicted octanol–water partition coefficient (Wildman–Crippen LogP) is 2.79. The third-order valence-corrected chi connectivity index (χ3v) is 7.73. The zero-order valence-corrected chi connectivity index (χ0v) is 21.2. The lowest BCUT2D eigenvalue weighted by Gasteiger charge is -2.39. The molecule has 0 N–H and O–H groups in total. The van der Waals surface area contributed by atoms with Gasteiger partial charge in [-0.15, -0.1) is 0 Å². The minimum Gasteiger partial charge on any atom is -0.399 e. The molecule has 1 amide bonds. The van der Waals surface area contributed by atoms with Gasteiger partial charge >= 0.3 is 7.12 Å². The summed E-state index contributed by atoms with van der Waals surface area (Å²) >= 11 is 0. The van der Waals surface area contributed by atoms with Crippen LogP contribution >= 0.6 is 0 Å². The van der Waals surface area contributed by atoms with Gasteiger partial charge in [-0.1, -0.05) is 35.8 Å². The molecule has 3 heterocycles. The van der Waals surface area contributed by atoms with Crippen molar-refractivity contribution in [3.05, 3.63) is 48.0 Å². The number of benzene rings is 1. The first-order valence-corrected chi connectivity index (χ1v) is 12.0. The van der Waals surface area contributed by atoms with Gasteiger partial charge in [0.1, 0.15) is 6.54 Å². The standard InChI is InChI=1S/C25H32BN5O4/c1-23(2)24(3,4)35-26(34-23)19-10-8-18(9-11-19)25(12-7-13-25)22-28-21(33-29-22)17-14-27-31(15-17)16-20(32)30(5)6/h8-11,14-15H,7,12-13,16H2,1-6H3. The highest BCUT2D eigenvalue weighted by Gasteiger charge is 2.52. The molecule has 0 unspecified atom stereocenters. The minimum absolute atomic E-state index is 0.0386. The predicted molar refractivity (Wildman–Crippen MR) is 131 cm³/mol. The van der Waals surface area contributed by atoms with E-state index < -0.39 is 0 Å². The van der Waals surface area contributed by atoms with E-state index in [1.165, 1.54) is 4.90 Å². The zero-order chi connectivity index (χ0) is 25.0. The molecule has 2 aliphatic rings. The van der Waals surface area contributed by atoms with Crippen LogP contribution in [0.25, 0.3) is 11.5 Å². The topological polar surface area (TPSA) is 95.5 Å². The van der Waals surface area contributed by atoms with Gasteiger partial charge in [0.05, 0.1) is 28.4 Å². The van der Waals surface area contributed by atoms with Crippen molar-refractivity contribution < 1.29 is 18.6 Å². The van der Waals surface area contributed by atoms with Gasteiger partial charge in [-0.3, -0.25) is 9.48 Å². The van der Waals surface area contributed by atoms with Crippen LogP contribution in [0.5, 0.6) is 0 Å². The summed E-state index contributed by atoms with van der Waals surface area (Å²) in [6.07, 6.45) is 6.42. The van der Waals surface area contributed by atoms with Gasteiger partial charge in [-0.05, 0) is 51.6 Å². The van der Waals surface area contributed by atoms with Crippen molar-refractivity contribution in [1.82, 2.24) is 24.8 Å². The number of amides is 1. The van der Waals surface area contributed by atoms with Crippen molar-refractivity contribution in [2.24, 2.45) is 0 Å². The van der Waals surface area contributed by atoms with Gasteiger partial charge in [0.15, 0.2) is 5.82 Å². The molecule has 2 aromatic heterocycles. The van der Waals surface area contributed by atoms with Gasteiger partial charge in [0.2, 0.25) is 5.91 Å². The fraction of sp³-hybridized carbons (Fsp3) is 0.520. The molecule has 2 fully saturated rings. The summed E-state index contributed by atoms with van der Waals surface area (Å²) in [5.74, 6) is 1.05. The van der Waals surface area contributed by atoms with Crippen molar-refractivity contribution in [3.8, 4) is 11.5 Å². The molecule has 0 atom stereocenters. The summed E-state index contributed by atoms with van der Waals surface area (Å²) < 4.78 is 19.6. The van der Waals surface area contributed by atoms with Crippen molar-refractivity contribution >= 4 is 18.5 Å². The summed E-state index contributed by atoms with van der Waals surface area (Å²) in [7, 11) is 3.05. The summed E-state index contributed by atoms with van der Waals surface area (Å²) in [4.78, 5) is 18.2. The maximum absolute atomic E-state index is 12.0. The fourth-order valence-electron chi connectivity index (χ4n) is 4.49. The summed E-state index contributed by atoms with van der Waals surface area (Å²) in [6.45, 7) is 8.39. The van der Waals surface area contributed by atoms with Crippen LogP contribution in [0, 0.1) is 0 Å². The lowest BCUT2D eigenvalue weighted by molar-refractivity contribution is -0.129. The lowest BCUT2D eigenvalue weighted by atomic mass is 9.63. The van der Waals surface area contributed by atoms with E-state index in [1.54, 1.807) is 31.2 Å². The number of nitrogens with zero attached hydrogens (tertiary/aromatic N) is 5. The van der Waals surface area contributed by atoms with E-state index in [0.29, 0.717) is 17.3 Å². The van der Waals surface area contributed by atoms with Crippen LogP contribution in [-0.4, -0.2) is 63.1 Å². The normalized spacial score (nSPS) is 20.0. The molecule has 1 aliphatic carbocycles. The average molecular weight is 477 g/mol. The highest BCUT2D eigenvalue weighted by atomic mass is 16.7. The molecule has 5 rings (SSSR count). The van der Waals surface area contributed by atoms with Crippen molar-refractivity contribution in [1.29, 1.82) is 0 Å². The van der Waals surface area contributed by atoms with E-state index in [2.05, 4.69) is 62.2 Å². The number of rotatable bonds is 6. The van der Waals surface area contributed by atoms with Gasteiger partial charge in [-0.25, -0.2) is 0 Å². The van der Waals surface area contributed by atoms with Crippen LogP contribution in [0.3, 0.4) is 0 Å². The molecule has 0 spiro atoms. The molecule has 1 aromatic carbocycles. The molecule has 1 saturated heterocycles. The van der Waals surface area contributed by atoms with Gasteiger partial charge in [0.25, 0.3) is 5.89 Å². The Morgan fingerprint density at radius 3 is 2.31 bits per heavy atom. The second-order valence-electron chi connectivity index (χ2n) is 10.8. The Morgan fingerprint density at radius 2 is 1.74 bits per heavy atom. The van der Waals surface area contributed by atoms with Crippen LogP contribution in [-0.2, 0) is 26.1 Å².